The highest BCUT2D eigenvalue weighted by Crippen LogP contribution is 2.30. The first-order valence-corrected chi connectivity index (χ1v) is 7.55. The van der Waals surface area contributed by atoms with Crippen LogP contribution in [-0.4, -0.2) is 31.5 Å². The predicted molar refractivity (Wildman–Crippen MR) is 89.7 cm³/mol. The molecule has 0 aliphatic heterocycles. The van der Waals surface area contributed by atoms with Gasteiger partial charge in [-0.3, -0.25) is 0 Å². The van der Waals surface area contributed by atoms with Crippen molar-refractivity contribution in [3.05, 3.63) is 66.6 Å². The van der Waals surface area contributed by atoms with Gasteiger partial charge in [-0.1, -0.05) is 43.0 Å². The van der Waals surface area contributed by atoms with Crippen LogP contribution < -0.4 is 4.18 Å². The van der Waals surface area contributed by atoms with E-state index in [2.05, 4.69) is 6.58 Å². The van der Waals surface area contributed by atoms with E-state index >= 15 is 0 Å². The summed E-state index contributed by atoms with van der Waals surface area (Å²) in [5.74, 6) is 0.313. The molecule has 0 saturated heterocycles. The molecule has 3 aromatic rings. The Morgan fingerprint density at radius 3 is 2.19 bits per heavy atom. The van der Waals surface area contributed by atoms with Crippen LogP contribution in [0.1, 0.15) is 0 Å². The molecular weight excluding hydrogens is 297 g/mol. The van der Waals surface area contributed by atoms with Crippen LogP contribution >= 0.6 is 0 Å². The maximum absolute atomic E-state index is 11.5. The Hall–Kier alpha value is -1.56. The monoisotopic (exact) mass is 310 g/mol. The van der Waals surface area contributed by atoms with E-state index < -0.39 is 10.1 Å². The highest BCUT2D eigenvalue weighted by atomic mass is 32.2. The number of hydrogen-bond donors (Lipinski definition) is 0. The number of hydrogen-bond acceptors (Lipinski definition) is 3. The van der Waals surface area contributed by atoms with E-state index in [1.54, 1.807) is 12.1 Å². The Morgan fingerprint density at radius 2 is 1.52 bits per heavy atom. The van der Waals surface area contributed by atoms with Crippen LogP contribution in [0.3, 0.4) is 0 Å². The minimum absolute atomic E-state index is 0. The molecule has 0 atom stereocenters. The first-order chi connectivity index (χ1) is 9.59. The quantitative estimate of drug-likeness (QED) is 0.424. The van der Waals surface area contributed by atoms with E-state index in [0.717, 1.165) is 27.0 Å². The van der Waals surface area contributed by atoms with Gasteiger partial charge >= 0.3 is 33.2 Å². The highest BCUT2D eigenvalue weighted by Gasteiger charge is 2.10. The lowest BCUT2D eigenvalue weighted by atomic mass is 10.0. The van der Waals surface area contributed by atoms with Gasteiger partial charge in [-0.05, 0) is 34.4 Å². The zero-order chi connectivity index (χ0) is 14.2. The molecule has 3 rings (SSSR count). The van der Waals surface area contributed by atoms with Crippen LogP contribution in [0.25, 0.3) is 21.5 Å². The second kappa shape index (κ2) is 6.05. The van der Waals surface area contributed by atoms with Crippen LogP contribution in [-0.2, 0) is 10.1 Å². The lowest BCUT2D eigenvalue weighted by Crippen LogP contribution is -2.04. The van der Waals surface area contributed by atoms with Crippen LogP contribution in [0.5, 0.6) is 5.75 Å². The summed E-state index contributed by atoms with van der Waals surface area (Å²) >= 11 is 0. The Morgan fingerprint density at radius 1 is 0.905 bits per heavy atom. The topological polar surface area (TPSA) is 43.4 Å². The maximum Gasteiger partial charge on any atom is 0.331 e. The van der Waals surface area contributed by atoms with E-state index in [0.29, 0.717) is 5.75 Å². The molecule has 0 aliphatic rings. The average Bonchev–Trinajstić information content (AvgIpc) is 2.45. The summed E-state index contributed by atoms with van der Waals surface area (Å²) in [4.78, 5) is 0. The minimum Gasteiger partial charge on any atom is -0.379 e. The molecule has 0 unspecified atom stereocenters. The van der Waals surface area contributed by atoms with Crippen LogP contribution in [0, 0.1) is 0 Å². The van der Waals surface area contributed by atoms with Crippen molar-refractivity contribution in [2.75, 3.05) is 0 Å². The van der Waals surface area contributed by atoms with Crippen molar-refractivity contribution >= 4 is 54.7 Å². The fourth-order valence-electron chi connectivity index (χ4n) is 2.17. The largest absolute Gasteiger partial charge is 0.379 e. The fraction of sp³-hybridized carbons (Fsp3) is 0. The Balaban J connectivity index is 0.00000161. The van der Waals surface area contributed by atoms with Gasteiger partial charge < -0.3 is 4.18 Å². The molecule has 0 N–H and O–H groups in total. The minimum atomic E-state index is -3.75. The lowest BCUT2D eigenvalue weighted by Gasteiger charge is -2.08. The van der Waals surface area contributed by atoms with Gasteiger partial charge in [0.15, 0.2) is 5.75 Å². The smallest absolute Gasteiger partial charge is 0.331 e. The van der Waals surface area contributed by atoms with E-state index in [4.69, 9.17) is 4.18 Å². The molecule has 0 spiro atoms. The number of benzene rings is 3. The van der Waals surface area contributed by atoms with E-state index in [1.807, 2.05) is 42.5 Å². The second-order valence-corrected chi connectivity index (χ2v) is 5.91. The molecule has 0 fully saturated rings. The Bertz CT molecular complexity index is 917. The third kappa shape index (κ3) is 3.20. The summed E-state index contributed by atoms with van der Waals surface area (Å²) in [6.45, 7) is 3.25. The summed E-state index contributed by atoms with van der Waals surface area (Å²) in [6, 6.07) is 17.2. The van der Waals surface area contributed by atoms with Crippen molar-refractivity contribution < 1.29 is 12.6 Å². The van der Waals surface area contributed by atoms with Crippen molar-refractivity contribution in [3.8, 4) is 5.75 Å². The van der Waals surface area contributed by atoms with Crippen LogP contribution in [0.4, 0.5) is 0 Å². The van der Waals surface area contributed by atoms with Gasteiger partial charge in [0.05, 0.1) is 5.41 Å². The highest BCUT2D eigenvalue weighted by molar-refractivity contribution is 7.90. The Kier molecular flexibility index (Phi) is 4.56. The molecule has 104 valence electrons. The first-order valence-electron chi connectivity index (χ1n) is 6.07. The molecule has 0 aliphatic carbocycles. The summed E-state index contributed by atoms with van der Waals surface area (Å²) in [7, 11) is -3.75. The number of fused-ring (bicyclic) bond motifs is 2. The van der Waals surface area contributed by atoms with Gasteiger partial charge in [0.25, 0.3) is 0 Å². The Labute approximate surface area is 139 Å². The molecule has 0 saturated carbocycles. The molecule has 0 heterocycles. The van der Waals surface area contributed by atoms with Gasteiger partial charge in [-0.2, -0.15) is 8.42 Å². The summed E-state index contributed by atoms with van der Waals surface area (Å²) in [6.07, 6.45) is 0. The summed E-state index contributed by atoms with van der Waals surface area (Å²) < 4.78 is 28.1. The third-order valence-corrected chi connectivity index (χ3v) is 3.94. The molecule has 5 heteroatoms. The fourth-order valence-corrected chi connectivity index (χ4v) is 2.63. The lowest BCUT2D eigenvalue weighted by molar-refractivity contribution is 0.499. The SMILES string of the molecule is C=CS(=O)(=O)Oc1cccc2cc3ccccc3cc12.[MgH2]. The van der Waals surface area contributed by atoms with E-state index in [1.165, 1.54) is 0 Å². The zero-order valence-electron chi connectivity index (χ0n) is 10.6. The van der Waals surface area contributed by atoms with Gasteiger partial charge in [-0.25, -0.2) is 0 Å². The normalized spacial score (nSPS) is 11.0. The van der Waals surface area contributed by atoms with Crippen molar-refractivity contribution in [1.82, 2.24) is 0 Å². The van der Waals surface area contributed by atoms with Gasteiger partial charge in [0.2, 0.25) is 0 Å². The molecular formula is C16H14MgO3S. The molecule has 0 bridgehead atoms. The van der Waals surface area contributed by atoms with Crippen molar-refractivity contribution in [1.29, 1.82) is 0 Å². The van der Waals surface area contributed by atoms with Gasteiger partial charge in [0, 0.05) is 5.39 Å². The van der Waals surface area contributed by atoms with Gasteiger partial charge in [-0.15, -0.1) is 0 Å². The summed E-state index contributed by atoms with van der Waals surface area (Å²) in [5, 5.41) is 4.63. The molecule has 0 amide bonds. The standard InChI is InChI=1S/C16H12O3S.Mg.2H/c1-2-20(17,18)19-16-9-5-8-14-10-12-6-3-4-7-13(12)11-15(14)16;;;/h2-11H,1H2;;;. The average molecular weight is 311 g/mol. The first kappa shape index (κ1) is 15.8. The van der Waals surface area contributed by atoms with Crippen LogP contribution in [0.2, 0.25) is 0 Å². The van der Waals surface area contributed by atoms with Gasteiger partial charge in [0.1, 0.15) is 0 Å². The van der Waals surface area contributed by atoms with E-state index in [-0.39, 0.29) is 23.1 Å². The predicted octanol–water partition coefficient (Wildman–Crippen LogP) is 2.93. The molecule has 0 aromatic heterocycles. The number of rotatable bonds is 3. The second-order valence-electron chi connectivity index (χ2n) is 4.42. The maximum atomic E-state index is 11.5. The van der Waals surface area contributed by atoms with Crippen LogP contribution in [0.15, 0.2) is 66.6 Å². The van der Waals surface area contributed by atoms with Crippen molar-refractivity contribution in [2.24, 2.45) is 0 Å². The molecule has 3 nitrogen and oxygen atoms in total. The van der Waals surface area contributed by atoms with Crippen molar-refractivity contribution in [2.45, 2.75) is 0 Å². The summed E-state index contributed by atoms with van der Waals surface area (Å²) in [5.41, 5.74) is 0. The molecule has 0 radical (unpaired) electrons. The molecule has 3 aromatic carbocycles. The van der Waals surface area contributed by atoms with E-state index in [9.17, 15) is 8.42 Å². The van der Waals surface area contributed by atoms with Crippen molar-refractivity contribution in [3.63, 3.8) is 0 Å². The zero-order valence-corrected chi connectivity index (χ0v) is 11.4. The molecule has 21 heavy (non-hydrogen) atoms. The third-order valence-electron chi connectivity index (χ3n) is 3.12.